The molecule has 6 heteroatoms. The Balaban J connectivity index is 3.03. The Labute approximate surface area is 116 Å². The van der Waals surface area contributed by atoms with Crippen molar-refractivity contribution >= 4 is 0 Å². The molecule has 0 amide bonds. The molecule has 2 unspecified atom stereocenters. The van der Waals surface area contributed by atoms with E-state index < -0.39 is 35.9 Å². The molecule has 0 fully saturated rings. The highest BCUT2D eigenvalue weighted by atomic mass is 19.4. The normalized spacial score (nSPS) is 15.8. The van der Waals surface area contributed by atoms with Crippen LogP contribution < -0.4 is 10.5 Å². The third-order valence-electron chi connectivity index (χ3n) is 3.05. The molecule has 0 saturated heterocycles. The summed E-state index contributed by atoms with van der Waals surface area (Å²) in [5.74, 6) is -0.321. The Kier molecular flexibility index (Phi) is 5.05. The van der Waals surface area contributed by atoms with Crippen LogP contribution in [0.3, 0.4) is 0 Å². The quantitative estimate of drug-likeness (QED) is 0.897. The Morgan fingerprint density at radius 1 is 1.20 bits per heavy atom. The van der Waals surface area contributed by atoms with Crippen LogP contribution in [-0.4, -0.2) is 23.9 Å². The van der Waals surface area contributed by atoms with Crippen LogP contribution in [0.25, 0.3) is 0 Å². The summed E-state index contributed by atoms with van der Waals surface area (Å²) in [7, 11) is 0. The maximum absolute atomic E-state index is 12.9. The molecule has 114 valence electrons. The van der Waals surface area contributed by atoms with Crippen molar-refractivity contribution in [3.05, 3.63) is 29.8 Å². The molecule has 0 aliphatic heterocycles. The Morgan fingerprint density at radius 3 is 2.20 bits per heavy atom. The molecular weight excluding hydrogens is 271 g/mol. The average Bonchev–Trinajstić information content (AvgIpc) is 2.33. The average molecular weight is 291 g/mol. The molecule has 0 aromatic heterocycles. The fraction of sp³-hybridized carbons (Fsp3) is 0.571. The molecule has 3 nitrogen and oxygen atoms in total. The third kappa shape index (κ3) is 4.11. The number of nitrogens with two attached hydrogens (primary N) is 1. The zero-order valence-corrected chi connectivity index (χ0v) is 11.7. The van der Waals surface area contributed by atoms with Gasteiger partial charge in [0.15, 0.2) is 0 Å². The second-order valence-electron chi connectivity index (χ2n) is 5.72. The number of hydrogen-bond acceptors (Lipinski definition) is 3. The van der Waals surface area contributed by atoms with Crippen LogP contribution >= 0.6 is 0 Å². The molecule has 0 heterocycles. The van der Waals surface area contributed by atoms with Gasteiger partial charge in [-0.3, -0.25) is 0 Å². The summed E-state index contributed by atoms with van der Waals surface area (Å²) in [6, 6.07) is 4.29. The molecule has 1 aromatic rings. The van der Waals surface area contributed by atoms with Crippen LogP contribution in [0.4, 0.5) is 13.2 Å². The van der Waals surface area contributed by atoms with Crippen molar-refractivity contribution in [3.8, 4) is 5.75 Å². The molecule has 3 N–H and O–H groups in total. The van der Waals surface area contributed by atoms with E-state index in [1.54, 1.807) is 0 Å². The molecule has 1 aromatic carbocycles. The number of benzene rings is 1. The summed E-state index contributed by atoms with van der Waals surface area (Å²) >= 11 is 0. The van der Waals surface area contributed by atoms with Crippen LogP contribution in [0.5, 0.6) is 5.75 Å². The first-order valence-electron chi connectivity index (χ1n) is 6.26. The predicted octanol–water partition coefficient (Wildman–Crippen LogP) is 2.82. The lowest BCUT2D eigenvalue weighted by Gasteiger charge is -2.33. The fourth-order valence-electron chi connectivity index (χ4n) is 1.75. The molecule has 2 atom stereocenters. The zero-order chi connectivity index (χ0) is 15.6. The summed E-state index contributed by atoms with van der Waals surface area (Å²) in [6.45, 7) is 5.04. The largest absolute Gasteiger partial charge is 0.486 e. The van der Waals surface area contributed by atoms with Crippen molar-refractivity contribution in [2.75, 3.05) is 6.61 Å². The molecule has 0 saturated carbocycles. The van der Waals surface area contributed by atoms with E-state index in [1.165, 1.54) is 18.2 Å². The van der Waals surface area contributed by atoms with Gasteiger partial charge < -0.3 is 15.6 Å². The van der Waals surface area contributed by atoms with Crippen LogP contribution in [0.1, 0.15) is 26.3 Å². The Bertz CT molecular complexity index is 441. The zero-order valence-electron chi connectivity index (χ0n) is 11.7. The van der Waals surface area contributed by atoms with Crippen LogP contribution in [0, 0.1) is 5.41 Å². The summed E-state index contributed by atoms with van der Waals surface area (Å²) < 4.78 is 43.9. The molecule has 0 aliphatic carbocycles. The minimum Gasteiger partial charge on any atom is -0.486 e. The molecule has 0 spiro atoms. The molecule has 1 rings (SSSR count). The van der Waals surface area contributed by atoms with Crippen molar-refractivity contribution in [3.63, 3.8) is 0 Å². The number of rotatable bonds is 4. The smallest absolute Gasteiger partial charge is 0.419 e. The van der Waals surface area contributed by atoms with Crippen molar-refractivity contribution in [1.29, 1.82) is 0 Å². The first-order valence-corrected chi connectivity index (χ1v) is 6.26. The number of hydrogen-bond donors (Lipinski definition) is 2. The second kappa shape index (κ2) is 6.01. The number of aliphatic hydroxyl groups excluding tert-OH is 1. The number of aliphatic hydroxyl groups is 1. The van der Waals surface area contributed by atoms with Crippen molar-refractivity contribution < 1.29 is 23.0 Å². The van der Waals surface area contributed by atoms with E-state index in [-0.39, 0.29) is 5.75 Å². The molecule has 0 aliphatic rings. The number of para-hydroxylation sites is 1. The van der Waals surface area contributed by atoms with Gasteiger partial charge in [0.25, 0.3) is 0 Å². The maximum atomic E-state index is 12.9. The standard InChI is InChI=1S/C14H20F3NO2/c1-13(2,3)12(18)11(8-19)20-10-7-5-4-6-9(10)14(15,16)17/h4-7,11-12,19H,8,18H2,1-3H3. The molecular formula is C14H20F3NO2. The third-order valence-corrected chi connectivity index (χ3v) is 3.05. The minimum atomic E-state index is -4.51. The van der Waals surface area contributed by atoms with E-state index in [9.17, 15) is 18.3 Å². The van der Waals surface area contributed by atoms with E-state index in [1.807, 2.05) is 20.8 Å². The van der Waals surface area contributed by atoms with Gasteiger partial charge in [-0.15, -0.1) is 0 Å². The summed E-state index contributed by atoms with van der Waals surface area (Å²) in [5.41, 5.74) is 4.67. The summed E-state index contributed by atoms with van der Waals surface area (Å²) in [5, 5.41) is 9.33. The first-order chi connectivity index (χ1) is 9.07. The van der Waals surface area contributed by atoms with E-state index in [0.717, 1.165) is 6.07 Å². The predicted molar refractivity (Wildman–Crippen MR) is 70.4 cm³/mol. The van der Waals surface area contributed by atoms with E-state index in [4.69, 9.17) is 10.5 Å². The molecule has 20 heavy (non-hydrogen) atoms. The lowest BCUT2D eigenvalue weighted by atomic mass is 9.84. The topological polar surface area (TPSA) is 55.5 Å². The van der Waals surface area contributed by atoms with Gasteiger partial charge in [0, 0.05) is 6.04 Å². The van der Waals surface area contributed by atoms with Crippen molar-refractivity contribution in [2.24, 2.45) is 11.1 Å². The first kappa shape index (κ1) is 16.8. The van der Waals surface area contributed by atoms with Gasteiger partial charge in [-0.05, 0) is 17.5 Å². The van der Waals surface area contributed by atoms with Crippen molar-refractivity contribution in [2.45, 2.75) is 39.1 Å². The Morgan fingerprint density at radius 2 is 1.75 bits per heavy atom. The van der Waals surface area contributed by atoms with E-state index in [2.05, 4.69) is 0 Å². The van der Waals surface area contributed by atoms with Gasteiger partial charge >= 0.3 is 6.18 Å². The lowest BCUT2D eigenvalue weighted by molar-refractivity contribution is -0.139. The summed E-state index contributed by atoms with van der Waals surface area (Å²) in [4.78, 5) is 0. The maximum Gasteiger partial charge on any atom is 0.419 e. The van der Waals surface area contributed by atoms with Crippen LogP contribution in [0.2, 0.25) is 0 Å². The van der Waals surface area contributed by atoms with Gasteiger partial charge in [0.1, 0.15) is 11.9 Å². The van der Waals surface area contributed by atoms with Crippen LogP contribution in [0.15, 0.2) is 24.3 Å². The van der Waals surface area contributed by atoms with Crippen molar-refractivity contribution in [1.82, 2.24) is 0 Å². The van der Waals surface area contributed by atoms with E-state index in [0.29, 0.717) is 0 Å². The number of alkyl halides is 3. The highest BCUT2D eigenvalue weighted by molar-refractivity contribution is 5.35. The van der Waals surface area contributed by atoms with Gasteiger partial charge in [-0.1, -0.05) is 32.9 Å². The number of ether oxygens (including phenoxy) is 1. The van der Waals surface area contributed by atoms with E-state index >= 15 is 0 Å². The van der Waals surface area contributed by atoms with Gasteiger partial charge in [0.2, 0.25) is 0 Å². The summed E-state index contributed by atoms with van der Waals surface area (Å²) in [6.07, 6.45) is -5.42. The second-order valence-corrected chi connectivity index (χ2v) is 5.72. The fourth-order valence-corrected chi connectivity index (χ4v) is 1.75. The monoisotopic (exact) mass is 291 g/mol. The highest BCUT2D eigenvalue weighted by Gasteiger charge is 2.36. The van der Waals surface area contributed by atoms with Crippen LogP contribution in [-0.2, 0) is 6.18 Å². The molecule has 0 bridgehead atoms. The highest BCUT2D eigenvalue weighted by Crippen LogP contribution is 2.36. The van der Waals surface area contributed by atoms with Gasteiger partial charge in [0.05, 0.1) is 12.2 Å². The lowest BCUT2D eigenvalue weighted by Crippen LogP contribution is -2.49. The van der Waals surface area contributed by atoms with Gasteiger partial charge in [-0.2, -0.15) is 13.2 Å². The molecule has 0 radical (unpaired) electrons. The minimum absolute atomic E-state index is 0.321. The van der Waals surface area contributed by atoms with Gasteiger partial charge in [-0.25, -0.2) is 0 Å². The SMILES string of the molecule is CC(C)(C)C(N)C(CO)Oc1ccccc1C(F)(F)F. The number of halogens is 3. The Hall–Kier alpha value is -1.27.